The first-order valence-corrected chi connectivity index (χ1v) is 12.9. The molecule has 0 aromatic rings. The Hall–Kier alpha value is -1.13. The molecule has 3 heterocycles. The molecule has 17 nitrogen and oxygen atoms in total. The van der Waals surface area contributed by atoms with E-state index in [4.69, 9.17) is 28.8 Å². The molecule has 0 spiro atoms. The third-order valence-corrected chi connectivity index (χ3v) is 7.72. The van der Waals surface area contributed by atoms with Gasteiger partial charge in [0.2, 0.25) is 0 Å². The van der Waals surface area contributed by atoms with Crippen molar-refractivity contribution in [1.82, 2.24) is 0 Å². The van der Waals surface area contributed by atoms with Crippen molar-refractivity contribution >= 4 is 5.97 Å². The van der Waals surface area contributed by atoms with Crippen molar-refractivity contribution in [3.05, 3.63) is 0 Å². The Balaban J connectivity index is 1.77. The zero-order valence-electron chi connectivity index (χ0n) is 21.9. The van der Waals surface area contributed by atoms with Crippen molar-refractivity contribution in [2.75, 3.05) is 19.8 Å². The van der Waals surface area contributed by atoms with Gasteiger partial charge in [0.1, 0.15) is 61.0 Å². The van der Waals surface area contributed by atoms with Crippen molar-refractivity contribution < 1.29 is 84.7 Å². The van der Waals surface area contributed by atoms with E-state index >= 15 is 0 Å². The van der Waals surface area contributed by atoms with Crippen molar-refractivity contribution in [3.8, 4) is 0 Å². The summed E-state index contributed by atoms with van der Waals surface area (Å²) >= 11 is 0. The molecule has 3 fully saturated rings. The van der Waals surface area contributed by atoms with Crippen LogP contribution in [0.15, 0.2) is 0 Å². The monoisotopic (exact) mass is 588 g/mol. The molecule has 3 aliphatic rings. The standard InChI is InChI=1S/C23H40O17/c1-7-9(26)3-23(22(34)35,40-19(7)14(29)10(27)4-24)36-6-12-15(30)16(31)18(33)21(38-12)39-20-11(5-25)37-8(2)13(28)17(20)32/h7-21,24-33H,3-6H2,1-2H3,(H,34,35). The van der Waals surface area contributed by atoms with Crippen molar-refractivity contribution in [3.63, 3.8) is 0 Å². The summed E-state index contributed by atoms with van der Waals surface area (Å²) in [4.78, 5) is 12.2. The van der Waals surface area contributed by atoms with Crippen LogP contribution in [0.25, 0.3) is 0 Å². The lowest BCUT2D eigenvalue weighted by Gasteiger charge is -2.47. The first kappa shape index (κ1) is 33.4. The lowest BCUT2D eigenvalue weighted by atomic mass is 9.84. The minimum Gasteiger partial charge on any atom is -0.477 e. The number of carboxylic acids is 1. The highest BCUT2D eigenvalue weighted by atomic mass is 16.8. The Morgan fingerprint density at radius 1 is 0.925 bits per heavy atom. The van der Waals surface area contributed by atoms with Crippen LogP contribution >= 0.6 is 0 Å². The van der Waals surface area contributed by atoms with Crippen molar-refractivity contribution in [2.45, 2.75) is 112 Å². The first-order valence-electron chi connectivity index (χ1n) is 12.9. The number of hydrogen-bond acceptors (Lipinski definition) is 16. The molecule has 0 radical (unpaired) electrons. The zero-order valence-corrected chi connectivity index (χ0v) is 21.9. The maximum absolute atomic E-state index is 12.2. The molecular weight excluding hydrogens is 548 g/mol. The van der Waals surface area contributed by atoms with Gasteiger partial charge in [0, 0.05) is 12.3 Å². The number of aliphatic carboxylic acids is 1. The predicted molar refractivity (Wildman–Crippen MR) is 125 cm³/mol. The van der Waals surface area contributed by atoms with Crippen LogP contribution in [0, 0.1) is 5.92 Å². The summed E-state index contributed by atoms with van der Waals surface area (Å²) in [5.41, 5.74) is 0. The Bertz CT molecular complexity index is 831. The van der Waals surface area contributed by atoms with E-state index in [1.54, 1.807) is 0 Å². The van der Waals surface area contributed by atoms with Gasteiger partial charge < -0.3 is 79.9 Å². The zero-order chi connectivity index (χ0) is 30.1. The van der Waals surface area contributed by atoms with E-state index < -0.39 is 130 Å². The van der Waals surface area contributed by atoms with Gasteiger partial charge in [-0.15, -0.1) is 0 Å². The molecule has 0 aliphatic carbocycles. The van der Waals surface area contributed by atoms with Crippen molar-refractivity contribution in [1.29, 1.82) is 0 Å². The van der Waals surface area contributed by atoms with Gasteiger partial charge in [0.05, 0.1) is 38.1 Å². The molecule has 3 saturated heterocycles. The van der Waals surface area contributed by atoms with Gasteiger partial charge in [0.15, 0.2) is 6.29 Å². The molecule has 0 aromatic carbocycles. The van der Waals surface area contributed by atoms with Crippen LogP contribution in [-0.2, 0) is 28.5 Å². The highest BCUT2D eigenvalue weighted by Gasteiger charge is 2.56. The molecular formula is C23H40O17. The fourth-order valence-corrected chi connectivity index (χ4v) is 5.03. The molecule has 0 aromatic heterocycles. The van der Waals surface area contributed by atoms with Gasteiger partial charge >= 0.3 is 5.97 Å². The molecule has 0 bridgehead atoms. The normalized spacial score (nSPS) is 48.0. The van der Waals surface area contributed by atoms with E-state index in [-0.39, 0.29) is 0 Å². The topological polar surface area (TPSA) is 286 Å². The Morgan fingerprint density at radius 2 is 1.57 bits per heavy atom. The van der Waals surface area contributed by atoms with Crippen LogP contribution < -0.4 is 0 Å². The smallest absolute Gasteiger partial charge is 0.364 e. The number of hydrogen-bond donors (Lipinski definition) is 11. The molecule has 16 atom stereocenters. The number of carbonyl (C=O) groups is 1. The summed E-state index contributed by atoms with van der Waals surface area (Å²) in [5, 5.41) is 111. The average Bonchev–Trinajstić information content (AvgIpc) is 2.93. The maximum Gasteiger partial charge on any atom is 0.364 e. The summed E-state index contributed by atoms with van der Waals surface area (Å²) in [6.45, 7) is 0.488. The van der Waals surface area contributed by atoms with E-state index in [9.17, 15) is 55.9 Å². The van der Waals surface area contributed by atoms with E-state index in [1.165, 1.54) is 13.8 Å². The number of ether oxygens (including phenoxy) is 5. The maximum atomic E-state index is 12.2. The van der Waals surface area contributed by atoms with Gasteiger partial charge in [-0.05, 0) is 6.92 Å². The molecule has 3 rings (SSSR count). The second-order valence-electron chi connectivity index (χ2n) is 10.5. The van der Waals surface area contributed by atoms with Crippen LogP contribution in [-0.4, -0.2) is 173 Å². The van der Waals surface area contributed by atoms with E-state index in [1.807, 2.05) is 0 Å². The molecule has 40 heavy (non-hydrogen) atoms. The second-order valence-corrected chi connectivity index (χ2v) is 10.5. The number of rotatable bonds is 10. The molecule has 0 saturated carbocycles. The molecule has 3 aliphatic heterocycles. The van der Waals surface area contributed by atoms with Crippen LogP contribution in [0.2, 0.25) is 0 Å². The predicted octanol–water partition coefficient (Wildman–Crippen LogP) is -6.02. The molecule has 0 amide bonds. The van der Waals surface area contributed by atoms with Gasteiger partial charge in [-0.1, -0.05) is 6.92 Å². The first-order chi connectivity index (χ1) is 18.7. The van der Waals surface area contributed by atoms with Crippen LogP contribution in [0.3, 0.4) is 0 Å². The summed E-state index contributed by atoms with van der Waals surface area (Å²) in [5.74, 6) is -5.28. The summed E-state index contributed by atoms with van der Waals surface area (Å²) in [6.07, 6.45) is -22.8. The fourth-order valence-electron chi connectivity index (χ4n) is 5.03. The molecule has 17 heteroatoms. The summed E-state index contributed by atoms with van der Waals surface area (Å²) < 4.78 is 27.4. The molecule has 16 unspecified atom stereocenters. The third kappa shape index (κ3) is 6.59. The van der Waals surface area contributed by atoms with Gasteiger partial charge in [-0.2, -0.15) is 0 Å². The van der Waals surface area contributed by atoms with Gasteiger partial charge in [0.25, 0.3) is 5.79 Å². The highest BCUT2D eigenvalue weighted by Crippen LogP contribution is 2.37. The van der Waals surface area contributed by atoms with E-state index in [0.717, 1.165) is 0 Å². The summed E-state index contributed by atoms with van der Waals surface area (Å²) in [7, 11) is 0. The van der Waals surface area contributed by atoms with Gasteiger partial charge in [-0.25, -0.2) is 4.79 Å². The van der Waals surface area contributed by atoms with Crippen LogP contribution in [0.5, 0.6) is 0 Å². The van der Waals surface area contributed by atoms with E-state index in [0.29, 0.717) is 0 Å². The van der Waals surface area contributed by atoms with Gasteiger partial charge in [-0.3, -0.25) is 0 Å². The Morgan fingerprint density at radius 3 is 2.15 bits per heavy atom. The number of aliphatic hydroxyl groups is 10. The second kappa shape index (κ2) is 13.4. The van der Waals surface area contributed by atoms with E-state index in [2.05, 4.69) is 0 Å². The lowest BCUT2D eigenvalue weighted by molar-refractivity contribution is -0.357. The summed E-state index contributed by atoms with van der Waals surface area (Å²) in [6, 6.07) is 0. The highest BCUT2D eigenvalue weighted by molar-refractivity contribution is 5.76. The Labute approximate surface area is 228 Å². The van der Waals surface area contributed by atoms with Crippen LogP contribution in [0.4, 0.5) is 0 Å². The number of aliphatic hydroxyl groups excluding tert-OH is 10. The van der Waals surface area contributed by atoms with Crippen LogP contribution in [0.1, 0.15) is 20.3 Å². The molecule has 234 valence electrons. The fraction of sp³-hybridized carbons (Fsp3) is 0.957. The SMILES string of the molecule is CC1OC(CO)C(OC2OC(COC3(C(=O)O)CC(O)C(C)C(C(O)C(O)CO)O3)C(O)C(O)C2O)C(O)C1O. The quantitative estimate of drug-likeness (QED) is 0.113. The lowest BCUT2D eigenvalue weighted by Crippen LogP contribution is -2.65. The molecule has 11 N–H and O–H groups in total. The number of carboxylic acid groups (broad SMARTS) is 1. The average molecular weight is 589 g/mol. The minimum absolute atomic E-state index is 0.656. The Kier molecular flexibility index (Phi) is 11.2. The van der Waals surface area contributed by atoms with Crippen molar-refractivity contribution in [2.24, 2.45) is 5.92 Å². The largest absolute Gasteiger partial charge is 0.477 e. The minimum atomic E-state index is -2.64. The third-order valence-electron chi connectivity index (χ3n) is 7.72.